The van der Waals surface area contributed by atoms with Crippen molar-refractivity contribution >= 4 is 36.0 Å². The minimum Gasteiger partial charge on any atom is -0.487 e. The zero-order valence-corrected chi connectivity index (χ0v) is 34.1. The van der Waals surface area contributed by atoms with Gasteiger partial charge < -0.3 is 28.2 Å². The van der Waals surface area contributed by atoms with E-state index in [4.69, 9.17) is 28.2 Å². The number of amides is 4. The molecule has 56 heavy (non-hydrogen) atoms. The number of hydrogen-bond donors (Lipinski definition) is 0. The molecule has 15 nitrogen and oxygen atoms in total. The molecule has 0 fully saturated rings. The Labute approximate surface area is 327 Å². The molecule has 4 aromatic rings. The van der Waals surface area contributed by atoms with E-state index in [0.717, 1.165) is 11.3 Å². The quantitative estimate of drug-likeness (QED) is 0.155. The Morgan fingerprint density at radius 2 is 1.14 bits per heavy atom. The fraction of sp³-hybridized carbons (Fsp3) is 0.439. The first-order valence-corrected chi connectivity index (χ1v) is 18.0. The maximum Gasteiger partial charge on any atom is 0.425 e. The fourth-order valence-electron chi connectivity index (χ4n) is 4.74. The van der Waals surface area contributed by atoms with Gasteiger partial charge in [0.1, 0.15) is 34.8 Å². The number of nitrogens with zero attached hydrogens (tertiary/aromatic N) is 5. The number of pyridine rings is 2. The van der Waals surface area contributed by atoms with Crippen LogP contribution >= 0.6 is 0 Å². The molecule has 0 bridgehead atoms. The zero-order chi connectivity index (χ0) is 41.6. The molecule has 0 atom stereocenters. The second kappa shape index (κ2) is 16.8. The lowest BCUT2D eigenvalue weighted by Gasteiger charge is -2.30. The highest BCUT2D eigenvalue weighted by Gasteiger charge is 2.39. The lowest BCUT2D eigenvalue weighted by atomic mass is 10.1. The van der Waals surface area contributed by atoms with Crippen molar-refractivity contribution in [3.63, 3.8) is 0 Å². The minimum atomic E-state index is -1.15. The highest BCUT2D eigenvalue weighted by Crippen LogP contribution is 2.35. The number of imide groups is 2. The number of ether oxygens (including phenoxy) is 5. The summed E-state index contributed by atoms with van der Waals surface area (Å²) in [6.07, 6.45) is -2.48. The van der Waals surface area contributed by atoms with E-state index in [0.29, 0.717) is 34.3 Å². The van der Waals surface area contributed by atoms with Gasteiger partial charge in [0.05, 0.1) is 17.0 Å². The summed E-state index contributed by atoms with van der Waals surface area (Å²) in [6, 6.07) is 17.4. The molecule has 0 saturated heterocycles. The van der Waals surface area contributed by atoms with E-state index >= 15 is 0 Å². The van der Waals surface area contributed by atoms with E-state index in [1.165, 1.54) is 12.1 Å². The third-order valence-corrected chi connectivity index (χ3v) is 6.85. The Morgan fingerprint density at radius 3 is 1.62 bits per heavy atom. The van der Waals surface area contributed by atoms with Gasteiger partial charge in [-0.25, -0.2) is 24.2 Å². The summed E-state index contributed by atoms with van der Waals surface area (Å²) in [6.45, 7) is 19.8. The normalized spacial score (nSPS) is 12.0. The van der Waals surface area contributed by atoms with Gasteiger partial charge in [-0.1, -0.05) is 23.4 Å². The van der Waals surface area contributed by atoms with Crippen LogP contribution < -0.4 is 14.5 Å². The molecule has 0 spiro atoms. The van der Waals surface area contributed by atoms with E-state index in [1.807, 2.05) is 42.5 Å². The van der Waals surface area contributed by atoms with Crippen molar-refractivity contribution in [1.82, 2.24) is 15.1 Å². The molecule has 3 aromatic heterocycles. The van der Waals surface area contributed by atoms with Crippen LogP contribution in [0, 0.1) is 0 Å². The van der Waals surface area contributed by atoms with Gasteiger partial charge in [-0.05, 0) is 125 Å². The van der Waals surface area contributed by atoms with E-state index in [1.54, 1.807) is 95.3 Å². The molecule has 4 rings (SSSR count). The average molecular weight is 774 g/mol. The molecule has 0 N–H and O–H groups in total. The first kappa shape index (κ1) is 42.7. The van der Waals surface area contributed by atoms with Crippen molar-refractivity contribution in [3.05, 3.63) is 83.8 Å². The summed E-state index contributed by atoms with van der Waals surface area (Å²) in [5.41, 5.74) is -1.91. The van der Waals surface area contributed by atoms with Gasteiger partial charge in [-0.15, -0.1) is 0 Å². The van der Waals surface area contributed by atoms with Crippen molar-refractivity contribution < 1.29 is 47.4 Å². The highest BCUT2D eigenvalue weighted by atomic mass is 16.6. The van der Waals surface area contributed by atoms with Gasteiger partial charge in [-0.3, -0.25) is 4.98 Å². The second-order valence-electron chi connectivity index (χ2n) is 16.7. The first-order valence-electron chi connectivity index (χ1n) is 18.0. The van der Waals surface area contributed by atoms with Gasteiger partial charge in [-0.2, -0.15) is 9.80 Å². The molecule has 0 aliphatic carbocycles. The SMILES string of the molecule is CC(C)(C)OC(=O)N(C(=O)OC(C)(C)C)c1ccc(-c2cc(Cc3ccc(OCc4ccccn4)cc3)no2)c(N(C(=O)OC(C)(C)C)C(=O)OC(C)(C)C)n1. The number of carbonyl (C=O) groups is 4. The van der Waals surface area contributed by atoms with E-state index in [-0.39, 0.29) is 23.0 Å². The van der Waals surface area contributed by atoms with Crippen LogP contribution in [-0.2, 0) is 32.0 Å². The summed E-state index contributed by atoms with van der Waals surface area (Å²) >= 11 is 0. The van der Waals surface area contributed by atoms with Crippen LogP contribution in [0.25, 0.3) is 11.3 Å². The summed E-state index contributed by atoms with van der Waals surface area (Å²) in [7, 11) is 0. The number of benzene rings is 1. The van der Waals surface area contributed by atoms with Crippen LogP contribution in [0.3, 0.4) is 0 Å². The minimum absolute atomic E-state index is 0.0795. The predicted molar refractivity (Wildman–Crippen MR) is 207 cm³/mol. The molecular formula is C41H51N5O10. The van der Waals surface area contributed by atoms with E-state index in [9.17, 15) is 19.2 Å². The van der Waals surface area contributed by atoms with Gasteiger partial charge in [0.2, 0.25) is 0 Å². The average Bonchev–Trinajstić information content (AvgIpc) is 3.50. The number of hydrogen-bond acceptors (Lipinski definition) is 13. The predicted octanol–water partition coefficient (Wildman–Crippen LogP) is 9.65. The molecule has 15 heteroatoms. The summed E-state index contributed by atoms with van der Waals surface area (Å²) in [4.78, 5) is 64.9. The van der Waals surface area contributed by atoms with Crippen LogP contribution in [0.1, 0.15) is 100 Å². The third-order valence-electron chi connectivity index (χ3n) is 6.85. The Kier molecular flexibility index (Phi) is 12.8. The van der Waals surface area contributed by atoms with Gasteiger partial charge in [0.25, 0.3) is 0 Å². The largest absolute Gasteiger partial charge is 0.487 e. The molecule has 1 aromatic carbocycles. The standard InChI is InChI=1S/C41H51N5O10/c1-38(2,3)52-34(47)45(35(48)53-39(4,5)6)32-21-20-30(33(43-32)46(36(49)54-40(7,8)9)37(50)55-41(10,11)12)31-24-28(44-56-31)23-26-16-18-29(19-17-26)51-25-27-15-13-14-22-42-27/h13-22,24H,23,25H2,1-12H3. The van der Waals surface area contributed by atoms with E-state index in [2.05, 4.69) is 15.1 Å². The molecule has 0 radical (unpaired) electrons. The van der Waals surface area contributed by atoms with Crippen molar-refractivity contribution in [3.8, 4) is 17.1 Å². The second-order valence-corrected chi connectivity index (χ2v) is 16.7. The van der Waals surface area contributed by atoms with Crippen molar-refractivity contribution in [1.29, 1.82) is 0 Å². The summed E-state index contributed by atoms with van der Waals surface area (Å²) in [5, 5.41) is 4.24. The fourth-order valence-corrected chi connectivity index (χ4v) is 4.74. The van der Waals surface area contributed by atoms with Crippen LogP contribution in [-0.4, -0.2) is 61.9 Å². The van der Waals surface area contributed by atoms with Crippen LogP contribution in [0.15, 0.2) is 71.4 Å². The van der Waals surface area contributed by atoms with Gasteiger partial charge in [0.15, 0.2) is 17.4 Å². The maximum absolute atomic E-state index is 13.9. The Bertz CT molecular complexity index is 1950. The number of aromatic nitrogens is 3. The number of rotatable bonds is 8. The Balaban J connectivity index is 1.80. The molecule has 0 saturated carbocycles. The molecule has 4 amide bonds. The molecule has 0 aliphatic heterocycles. The lowest BCUT2D eigenvalue weighted by Crippen LogP contribution is -2.46. The first-order chi connectivity index (χ1) is 25.9. The van der Waals surface area contributed by atoms with E-state index < -0.39 is 46.8 Å². The number of carbonyl (C=O) groups excluding carboxylic acids is 4. The Morgan fingerprint density at radius 1 is 0.625 bits per heavy atom. The molecule has 300 valence electrons. The molecule has 0 aliphatic rings. The molecule has 0 unspecified atom stereocenters. The zero-order valence-electron chi connectivity index (χ0n) is 34.1. The Hall–Kier alpha value is -5.99. The smallest absolute Gasteiger partial charge is 0.425 e. The lowest BCUT2D eigenvalue weighted by molar-refractivity contribution is 0.0411. The van der Waals surface area contributed by atoms with Crippen LogP contribution in [0.4, 0.5) is 30.8 Å². The summed E-state index contributed by atoms with van der Waals surface area (Å²) in [5.74, 6) is 0.0319. The maximum atomic E-state index is 13.9. The monoisotopic (exact) mass is 773 g/mol. The topological polar surface area (TPSA) is 173 Å². The van der Waals surface area contributed by atoms with Crippen molar-refractivity contribution in [2.75, 3.05) is 9.80 Å². The summed E-state index contributed by atoms with van der Waals surface area (Å²) < 4.78 is 34.0. The van der Waals surface area contributed by atoms with Crippen LogP contribution in [0.5, 0.6) is 5.75 Å². The highest BCUT2D eigenvalue weighted by molar-refractivity contribution is 6.12. The van der Waals surface area contributed by atoms with Crippen molar-refractivity contribution in [2.45, 2.75) is 119 Å². The molecular weight excluding hydrogens is 722 g/mol. The van der Waals surface area contributed by atoms with Crippen LogP contribution in [0.2, 0.25) is 0 Å². The number of anilines is 2. The van der Waals surface area contributed by atoms with Gasteiger partial charge in [0, 0.05) is 18.7 Å². The van der Waals surface area contributed by atoms with Crippen molar-refractivity contribution in [2.24, 2.45) is 0 Å². The van der Waals surface area contributed by atoms with Gasteiger partial charge >= 0.3 is 24.4 Å². The third kappa shape index (κ3) is 12.8. The molecule has 3 heterocycles.